The van der Waals surface area contributed by atoms with Crippen molar-refractivity contribution in [1.29, 1.82) is 0 Å². The Morgan fingerprint density at radius 2 is 2.18 bits per heavy atom. The van der Waals surface area contributed by atoms with Crippen LogP contribution in [0.4, 0.5) is 10.1 Å². The number of halogens is 1. The molecular weight excluding hydrogens is 219 g/mol. The van der Waals surface area contributed by atoms with Gasteiger partial charge in [0.05, 0.1) is 12.3 Å². The van der Waals surface area contributed by atoms with Crippen LogP contribution in [0.25, 0.3) is 0 Å². The molecule has 0 aromatic heterocycles. The van der Waals surface area contributed by atoms with Crippen LogP contribution in [0.3, 0.4) is 0 Å². The summed E-state index contributed by atoms with van der Waals surface area (Å²) in [4.78, 5) is 4.29. The number of aliphatic hydroxyl groups excluding tert-OH is 1. The molecule has 1 aromatic carbocycles. The first-order chi connectivity index (χ1) is 8.13. The zero-order valence-electron chi connectivity index (χ0n) is 10.4. The monoisotopic (exact) mass is 238 g/mol. The fourth-order valence-electron chi connectivity index (χ4n) is 2.29. The van der Waals surface area contributed by atoms with Gasteiger partial charge < -0.3 is 14.9 Å². The van der Waals surface area contributed by atoms with Crippen molar-refractivity contribution in [3.63, 3.8) is 0 Å². The number of hydrogen-bond acceptors (Lipinski definition) is 3. The average molecular weight is 238 g/mol. The molecule has 0 aliphatic carbocycles. The Labute approximate surface area is 101 Å². The second-order valence-electron chi connectivity index (χ2n) is 4.68. The predicted octanol–water partition coefficient (Wildman–Crippen LogP) is 1.46. The fourth-order valence-corrected chi connectivity index (χ4v) is 2.29. The first-order valence-corrected chi connectivity index (χ1v) is 5.97. The van der Waals surface area contributed by atoms with Crippen molar-refractivity contribution >= 4 is 5.69 Å². The summed E-state index contributed by atoms with van der Waals surface area (Å²) >= 11 is 0. The van der Waals surface area contributed by atoms with Crippen LogP contribution in [0.2, 0.25) is 0 Å². The molecule has 17 heavy (non-hydrogen) atoms. The van der Waals surface area contributed by atoms with Crippen LogP contribution in [-0.4, -0.2) is 42.7 Å². The van der Waals surface area contributed by atoms with Gasteiger partial charge in [0.2, 0.25) is 0 Å². The lowest BCUT2D eigenvalue weighted by atomic mass is 10.1. The van der Waals surface area contributed by atoms with Crippen LogP contribution >= 0.6 is 0 Å². The number of nitrogens with zero attached hydrogens (tertiary/aromatic N) is 2. The zero-order chi connectivity index (χ0) is 12.4. The van der Waals surface area contributed by atoms with Gasteiger partial charge in [0.15, 0.2) is 0 Å². The summed E-state index contributed by atoms with van der Waals surface area (Å²) in [7, 11) is 2.08. The molecule has 1 aliphatic rings. The molecule has 3 nitrogen and oxygen atoms in total. The molecule has 1 aromatic rings. The number of anilines is 1. The lowest BCUT2D eigenvalue weighted by molar-refractivity contribution is 0.232. The van der Waals surface area contributed by atoms with E-state index in [0.29, 0.717) is 17.3 Å². The van der Waals surface area contributed by atoms with Gasteiger partial charge in [-0.15, -0.1) is 0 Å². The van der Waals surface area contributed by atoms with Crippen molar-refractivity contribution in [1.82, 2.24) is 4.90 Å². The molecule has 1 atom stereocenters. The molecule has 2 rings (SSSR count). The second kappa shape index (κ2) is 5.02. The van der Waals surface area contributed by atoms with Gasteiger partial charge in [-0.1, -0.05) is 12.1 Å². The van der Waals surface area contributed by atoms with E-state index in [1.54, 1.807) is 12.1 Å². The topological polar surface area (TPSA) is 26.7 Å². The van der Waals surface area contributed by atoms with Crippen LogP contribution in [-0.2, 0) is 6.61 Å². The van der Waals surface area contributed by atoms with Gasteiger partial charge in [0, 0.05) is 31.2 Å². The fraction of sp³-hybridized carbons (Fsp3) is 0.538. The SMILES string of the molecule is CC1CN(c2c(F)cccc2CO)CCN1C. The third-order valence-corrected chi connectivity index (χ3v) is 3.52. The molecule has 1 aliphatic heterocycles. The summed E-state index contributed by atoms with van der Waals surface area (Å²) in [6, 6.07) is 5.28. The van der Waals surface area contributed by atoms with E-state index in [1.807, 2.05) is 4.90 Å². The Kier molecular flexibility index (Phi) is 3.64. The molecule has 0 spiro atoms. The highest BCUT2D eigenvalue weighted by Crippen LogP contribution is 2.26. The maximum Gasteiger partial charge on any atom is 0.146 e. The summed E-state index contributed by atoms with van der Waals surface area (Å²) in [5, 5.41) is 9.29. The number of benzene rings is 1. The van der Waals surface area contributed by atoms with Crippen molar-refractivity contribution in [3.8, 4) is 0 Å². The third-order valence-electron chi connectivity index (χ3n) is 3.52. The molecule has 94 valence electrons. The molecule has 0 radical (unpaired) electrons. The summed E-state index contributed by atoms with van der Waals surface area (Å²) in [5.74, 6) is -0.242. The minimum Gasteiger partial charge on any atom is -0.392 e. The molecule has 4 heteroatoms. The van der Waals surface area contributed by atoms with Crippen LogP contribution in [0, 0.1) is 5.82 Å². The van der Waals surface area contributed by atoms with Crippen molar-refractivity contribution in [2.45, 2.75) is 19.6 Å². The number of rotatable bonds is 2. The lowest BCUT2D eigenvalue weighted by Crippen LogP contribution is -2.50. The highest BCUT2D eigenvalue weighted by Gasteiger charge is 2.24. The van der Waals surface area contributed by atoms with Crippen LogP contribution < -0.4 is 4.90 Å². The molecule has 1 N–H and O–H groups in total. The highest BCUT2D eigenvalue weighted by atomic mass is 19.1. The summed E-state index contributed by atoms with van der Waals surface area (Å²) in [6.45, 7) is 4.53. The first-order valence-electron chi connectivity index (χ1n) is 5.97. The van der Waals surface area contributed by atoms with Gasteiger partial charge in [0.25, 0.3) is 0 Å². The maximum atomic E-state index is 13.9. The molecule has 1 fully saturated rings. The molecule has 0 saturated carbocycles. The molecule has 0 amide bonds. The normalized spacial score (nSPS) is 21.9. The van der Waals surface area contributed by atoms with Gasteiger partial charge >= 0.3 is 0 Å². The number of piperazine rings is 1. The van der Waals surface area contributed by atoms with Crippen LogP contribution in [0.1, 0.15) is 12.5 Å². The average Bonchev–Trinajstić information content (AvgIpc) is 2.32. The van der Waals surface area contributed by atoms with E-state index in [0.717, 1.165) is 19.6 Å². The highest BCUT2D eigenvalue weighted by molar-refractivity contribution is 5.55. The van der Waals surface area contributed by atoms with Gasteiger partial charge in [-0.25, -0.2) is 4.39 Å². The van der Waals surface area contributed by atoms with E-state index in [1.165, 1.54) is 6.07 Å². The minimum absolute atomic E-state index is 0.117. The molecule has 1 unspecified atom stereocenters. The minimum atomic E-state index is -0.242. The van der Waals surface area contributed by atoms with E-state index in [4.69, 9.17) is 0 Å². The van der Waals surface area contributed by atoms with E-state index in [-0.39, 0.29) is 12.4 Å². The first kappa shape index (κ1) is 12.3. The van der Waals surface area contributed by atoms with E-state index in [9.17, 15) is 9.50 Å². The summed E-state index contributed by atoms with van der Waals surface area (Å²) in [5.41, 5.74) is 1.23. The van der Waals surface area contributed by atoms with E-state index < -0.39 is 0 Å². The number of aliphatic hydroxyl groups is 1. The Morgan fingerprint density at radius 3 is 2.82 bits per heavy atom. The Morgan fingerprint density at radius 1 is 1.41 bits per heavy atom. The number of para-hydroxylation sites is 1. The van der Waals surface area contributed by atoms with Crippen molar-refractivity contribution < 1.29 is 9.50 Å². The predicted molar refractivity (Wildman–Crippen MR) is 66.6 cm³/mol. The zero-order valence-corrected chi connectivity index (χ0v) is 10.4. The second-order valence-corrected chi connectivity index (χ2v) is 4.68. The van der Waals surface area contributed by atoms with Crippen molar-refractivity contribution in [2.24, 2.45) is 0 Å². The summed E-state index contributed by atoms with van der Waals surface area (Å²) < 4.78 is 13.9. The van der Waals surface area contributed by atoms with E-state index >= 15 is 0 Å². The number of hydrogen-bond donors (Lipinski definition) is 1. The molecular formula is C13H19FN2O. The van der Waals surface area contributed by atoms with Gasteiger partial charge in [-0.3, -0.25) is 0 Å². The maximum absolute atomic E-state index is 13.9. The van der Waals surface area contributed by atoms with Gasteiger partial charge in [-0.2, -0.15) is 0 Å². The lowest BCUT2D eigenvalue weighted by Gasteiger charge is -2.39. The Bertz CT molecular complexity index is 397. The summed E-state index contributed by atoms with van der Waals surface area (Å²) in [6.07, 6.45) is 0. The molecule has 1 saturated heterocycles. The van der Waals surface area contributed by atoms with Gasteiger partial charge in [-0.05, 0) is 20.0 Å². The third kappa shape index (κ3) is 2.42. The largest absolute Gasteiger partial charge is 0.392 e. The van der Waals surface area contributed by atoms with Crippen LogP contribution in [0.15, 0.2) is 18.2 Å². The molecule has 1 heterocycles. The Hall–Kier alpha value is -1.13. The van der Waals surface area contributed by atoms with Gasteiger partial charge in [0.1, 0.15) is 5.82 Å². The number of likely N-dealkylation sites (N-methyl/N-ethyl adjacent to an activating group) is 1. The van der Waals surface area contributed by atoms with Crippen molar-refractivity contribution in [2.75, 3.05) is 31.6 Å². The van der Waals surface area contributed by atoms with Crippen molar-refractivity contribution in [3.05, 3.63) is 29.6 Å². The van der Waals surface area contributed by atoms with Crippen LogP contribution in [0.5, 0.6) is 0 Å². The molecule has 0 bridgehead atoms. The Balaban J connectivity index is 2.28. The quantitative estimate of drug-likeness (QED) is 0.845. The smallest absolute Gasteiger partial charge is 0.146 e. The standard InChI is InChI=1S/C13H19FN2O/c1-10-8-16(7-6-15(10)2)13-11(9-17)4-3-5-12(13)14/h3-5,10,17H,6-9H2,1-2H3. The van der Waals surface area contributed by atoms with E-state index in [2.05, 4.69) is 18.9 Å².